The van der Waals surface area contributed by atoms with Gasteiger partial charge in [-0.2, -0.15) is 15.5 Å². The number of nitrogens with two attached hydrogens (primary N) is 1. The number of benzene rings is 1. The Morgan fingerprint density at radius 2 is 2.06 bits per heavy atom. The summed E-state index contributed by atoms with van der Waals surface area (Å²) < 4.78 is 5.13. The molecule has 0 unspecified atom stereocenters. The van der Waals surface area contributed by atoms with E-state index in [1.165, 1.54) is 0 Å². The minimum Gasteiger partial charge on any atom is -0.419 e. The molecule has 2 rings (SSSR count). The van der Waals surface area contributed by atoms with Crippen molar-refractivity contribution in [3.05, 3.63) is 35.5 Å². The Hall–Kier alpha value is -2.79. The second-order valence-corrected chi connectivity index (χ2v) is 3.04. The molecule has 1 aromatic heterocycles. The van der Waals surface area contributed by atoms with Crippen molar-refractivity contribution >= 4 is 5.88 Å². The number of oxazole rings is 1. The first-order valence-corrected chi connectivity index (χ1v) is 4.41. The zero-order valence-electron chi connectivity index (χ0n) is 8.14. The minimum absolute atomic E-state index is 0.0140. The quantitative estimate of drug-likeness (QED) is 0.771. The lowest BCUT2D eigenvalue weighted by molar-refractivity contribution is 0.593. The smallest absolute Gasteiger partial charge is 0.230 e. The molecule has 2 N–H and O–H groups in total. The first-order valence-electron chi connectivity index (χ1n) is 4.41. The van der Waals surface area contributed by atoms with Crippen LogP contribution in [0.2, 0.25) is 0 Å². The maximum Gasteiger partial charge on any atom is 0.230 e. The van der Waals surface area contributed by atoms with E-state index in [1.54, 1.807) is 24.3 Å². The number of nitrogens with zero attached hydrogens (tertiary/aromatic N) is 3. The minimum atomic E-state index is -0.0140. The van der Waals surface area contributed by atoms with E-state index in [0.29, 0.717) is 11.1 Å². The molecule has 0 aliphatic carbocycles. The van der Waals surface area contributed by atoms with Crippen LogP contribution in [0.1, 0.15) is 11.3 Å². The molecule has 2 aromatic rings. The van der Waals surface area contributed by atoms with Gasteiger partial charge in [-0.25, -0.2) is 0 Å². The SMILES string of the molecule is N#Cc1cccc(-c2nc(C#N)c(N)o2)c1. The summed E-state index contributed by atoms with van der Waals surface area (Å²) in [4.78, 5) is 3.91. The number of nitriles is 2. The topological polar surface area (TPSA) is 99.6 Å². The van der Waals surface area contributed by atoms with E-state index in [-0.39, 0.29) is 17.5 Å². The first-order chi connectivity index (χ1) is 7.74. The summed E-state index contributed by atoms with van der Waals surface area (Å²) in [6.07, 6.45) is 0. The third kappa shape index (κ3) is 1.58. The van der Waals surface area contributed by atoms with E-state index in [4.69, 9.17) is 20.7 Å². The lowest BCUT2D eigenvalue weighted by Crippen LogP contribution is -1.84. The van der Waals surface area contributed by atoms with Crippen molar-refractivity contribution in [1.82, 2.24) is 4.98 Å². The Morgan fingerprint density at radius 3 is 2.69 bits per heavy atom. The van der Waals surface area contributed by atoms with Crippen molar-refractivity contribution in [1.29, 1.82) is 10.5 Å². The number of hydrogen-bond donors (Lipinski definition) is 1. The summed E-state index contributed by atoms with van der Waals surface area (Å²) >= 11 is 0. The third-order valence-electron chi connectivity index (χ3n) is 2.00. The maximum absolute atomic E-state index is 8.74. The fraction of sp³-hybridized carbons (Fsp3) is 0. The summed E-state index contributed by atoms with van der Waals surface area (Å²) in [7, 11) is 0. The van der Waals surface area contributed by atoms with E-state index in [0.717, 1.165) is 0 Å². The van der Waals surface area contributed by atoms with Crippen molar-refractivity contribution in [3.63, 3.8) is 0 Å². The molecule has 0 aliphatic rings. The van der Waals surface area contributed by atoms with Crippen LogP contribution in [0.5, 0.6) is 0 Å². The van der Waals surface area contributed by atoms with E-state index in [9.17, 15) is 0 Å². The molecule has 0 fully saturated rings. The van der Waals surface area contributed by atoms with E-state index >= 15 is 0 Å². The summed E-state index contributed by atoms with van der Waals surface area (Å²) in [5.41, 5.74) is 6.61. The Kier molecular flexibility index (Phi) is 2.29. The van der Waals surface area contributed by atoms with Crippen LogP contribution in [-0.2, 0) is 0 Å². The average Bonchev–Trinajstić information content (AvgIpc) is 2.71. The van der Waals surface area contributed by atoms with Gasteiger partial charge in [-0.05, 0) is 18.2 Å². The predicted molar refractivity (Wildman–Crippen MR) is 55.8 cm³/mol. The molecule has 1 heterocycles. The van der Waals surface area contributed by atoms with Crippen LogP contribution in [0.25, 0.3) is 11.5 Å². The Morgan fingerprint density at radius 1 is 1.25 bits per heavy atom. The third-order valence-corrected chi connectivity index (χ3v) is 2.00. The largest absolute Gasteiger partial charge is 0.419 e. The van der Waals surface area contributed by atoms with Crippen LogP contribution in [0.4, 0.5) is 5.88 Å². The molecule has 0 bridgehead atoms. The summed E-state index contributed by atoms with van der Waals surface area (Å²) in [5, 5.41) is 17.4. The normalized spacial score (nSPS) is 9.38. The van der Waals surface area contributed by atoms with E-state index < -0.39 is 0 Å². The molecule has 0 amide bonds. The van der Waals surface area contributed by atoms with Crippen LogP contribution < -0.4 is 5.73 Å². The second-order valence-electron chi connectivity index (χ2n) is 3.04. The van der Waals surface area contributed by atoms with Gasteiger partial charge in [0.2, 0.25) is 17.5 Å². The second kappa shape index (κ2) is 3.76. The van der Waals surface area contributed by atoms with Crippen molar-refractivity contribution in [2.24, 2.45) is 0 Å². The van der Waals surface area contributed by atoms with Crippen LogP contribution in [0, 0.1) is 22.7 Å². The van der Waals surface area contributed by atoms with Gasteiger partial charge in [0.1, 0.15) is 6.07 Å². The zero-order valence-corrected chi connectivity index (χ0v) is 8.14. The van der Waals surface area contributed by atoms with Gasteiger partial charge in [0.25, 0.3) is 0 Å². The van der Waals surface area contributed by atoms with Crippen LogP contribution >= 0.6 is 0 Å². The van der Waals surface area contributed by atoms with Gasteiger partial charge in [-0.15, -0.1) is 0 Å². The lowest BCUT2D eigenvalue weighted by atomic mass is 10.1. The lowest BCUT2D eigenvalue weighted by Gasteiger charge is -1.94. The zero-order chi connectivity index (χ0) is 11.5. The van der Waals surface area contributed by atoms with E-state index in [2.05, 4.69) is 4.98 Å². The van der Waals surface area contributed by atoms with Crippen LogP contribution in [-0.4, -0.2) is 4.98 Å². The van der Waals surface area contributed by atoms with Gasteiger partial charge in [0, 0.05) is 5.56 Å². The molecular weight excluding hydrogens is 204 g/mol. The monoisotopic (exact) mass is 210 g/mol. The number of rotatable bonds is 1. The predicted octanol–water partition coefficient (Wildman–Crippen LogP) is 1.67. The highest BCUT2D eigenvalue weighted by Gasteiger charge is 2.11. The molecule has 0 atom stereocenters. The number of nitrogen functional groups attached to an aromatic ring is 1. The highest BCUT2D eigenvalue weighted by Crippen LogP contribution is 2.23. The summed E-state index contributed by atoms with van der Waals surface area (Å²) in [5.74, 6) is 0.228. The van der Waals surface area contributed by atoms with Crippen LogP contribution in [0.15, 0.2) is 28.7 Å². The van der Waals surface area contributed by atoms with Gasteiger partial charge in [-0.3, -0.25) is 0 Å². The fourth-order valence-corrected chi connectivity index (χ4v) is 1.26. The molecule has 5 heteroatoms. The molecule has 16 heavy (non-hydrogen) atoms. The van der Waals surface area contributed by atoms with Gasteiger partial charge in [0.05, 0.1) is 11.6 Å². The number of aromatic nitrogens is 1. The molecule has 0 spiro atoms. The Balaban J connectivity index is 2.52. The van der Waals surface area contributed by atoms with Crippen molar-refractivity contribution in [2.75, 3.05) is 5.73 Å². The number of anilines is 1. The summed E-state index contributed by atoms with van der Waals surface area (Å²) in [6.45, 7) is 0. The molecular formula is C11H6N4O. The van der Waals surface area contributed by atoms with Crippen LogP contribution in [0.3, 0.4) is 0 Å². The fourth-order valence-electron chi connectivity index (χ4n) is 1.26. The van der Waals surface area contributed by atoms with Gasteiger partial charge in [0.15, 0.2) is 0 Å². The highest BCUT2D eigenvalue weighted by atomic mass is 16.4. The Bertz CT molecular complexity index is 616. The molecule has 0 saturated heterocycles. The van der Waals surface area contributed by atoms with Crippen molar-refractivity contribution in [3.8, 4) is 23.6 Å². The highest BCUT2D eigenvalue weighted by molar-refractivity contribution is 5.59. The van der Waals surface area contributed by atoms with Gasteiger partial charge in [-0.1, -0.05) is 6.07 Å². The molecule has 0 aliphatic heterocycles. The number of hydrogen-bond acceptors (Lipinski definition) is 5. The molecule has 5 nitrogen and oxygen atoms in total. The molecule has 76 valence electrons. The average molecular weight is 210 g/mol. The Labute approximate surface area is 91.4 Å². The van der Waals surface area contributed by atoms with Gasteiger partial charge >= 0.3 is 0 Å². The van der Waals surface area contributed by atoms with E-state index in [1.807, 2.05) is 12.1 Å². The molecule has 0 radical (unpaired) electrons. The maximum atomic E-state index is 8.74. The standard InChI is InChI=1S/C11H6N4O/c12-5-7-2-1-3-8(4-7)11-15-9(6-13)10(14)16-11/h1-4H,14H2. The molecule has 0 saturated carbocycles. The summed E-state index contributed by atoms with van der Waals surface area (Å²) in [6, 6.07) is 10.5. The van der Waals surface area contributed by atoms with Crippen molar-refractivity contribution in [2.45, 2.75) is 0 Å². The molecule has 1 aromatic carbocycles. The van der Waals surface area contributed by atoms with Gasteiger partial charge < -0.3 is 10.2 Å². The van der Waals surface area contributed by atoms with Crippen molar-refractivity contribution < 1.29 is 4.42 Å². The first kappa shape index (κ1) is 9.75.